The zero-order valence-electron chi connectivity index (χ0n) is 4.10. The van der Waals surface area contributed by atoms with Crippen molar-refractivity contribution in [1.82, 2.24) is 0 Å². The Balaban J connectivity index is 0. The van der Waals surface area contributed by atoms with E-state index in [1.807, 2.05) is 0 Å². The van der Waals surface area contributed by atoms with Crippen molar-refractivity contribution in [2.75, 3.05) is 0 Å². The van der Waals surface area contributed by atoms with Gasteiger partial charge in [-0.15, -0.1) is 0 Å². The summed E-state index contributed by atoms with van der Waals surface area (Å²) in [7, 11) is 0. The average molecular weight is 134 g/mol. The minimum absolute atomic E-state index is 0. The molecule has 0 N–H and O–H groups in total. The minimum atomic E-state index is -0.0787. The van der Waals surface area contributed by atoms with Crippen LogP contribution in [0.3, 0.4) is 0 Å². The van der Waals surface area contributed by atoms with Gasteiger partial charge >= 0.3 is 0 Å². The number of hydrogen-bond acceptors (Lipinski definition) is 2. The van der Waals surface area contributed by atoms with Crippen LogP contribution in [-0.2, 0) is 31.3 Å². The topological polar surface area (TPSA) is 34.1 Å². The zero-order chi connectivity index (χ0) is 4.99. The molecule has 2 nitrogen and oxygen atoms in total. The van der Waals surface area contributed by atoms with E-state index in [1.54, 1.807) is 0 Å². The van der Waals surface area contributed by atoms with E-state index in [9.17, 15) is 9.59 Å². The van der Waals surface area contributed by atoms with E-state index >= 15 is 0 Å². The molecule has 0 saturated heterocycles. The monoisotopic (exact) mass is 134 g/mol. The molecule has 0 fully saturated rings. The van der Waals surface area contributed by atoms with Gasteiger partial charge in [-0.25, -0.2) is 0 Å². The summed E-state index contributed by atoms with van der Waals surface area (Å²) in [5.74, 6) is -0.0787. The Labute approximate surface area is 57.2 Å². The van der Waals surface area contributed by atoms with Gasteiger partial charge in [-0.1, -0.05) is 0 Å². The molecular weight excluding hydrogens is 128 g/mol. The molecule has 0 aromatic carbocycles. The van der Waals surface area contributed by atoms with Crippen LogP contribution < -0.4 is 0 Å². The molecule has 0 rings (SSSR count). The van der Waals surface area contributed by atoms with Crippen molar-refractivity contribution in [2.24, 2.45) is 0 Å². The molecule has 0 aliphatic carbocycles. The van der Waals surface area contributed by atoms with Gasteiger partial charge in [0.2, 0.25) is 0 Å². The predicted octanol–water partition coefficient (Wildman–Crippen LogP) is 0.162. The van der Waals surface area contributed by atoms with Gasteiger partial charge in [-0.3, -0.25) is 4.79 Å². The molecule has 0 saturated carbocycles. The van der Waals surface area contributed by atoms with Crippen LogP contribution in [0.15, 0.2) is 0 Å². The van der Waals surface area contributed by atoms with Gasteiger partial charge in [-0.05, 0) is 6.92 Å². The van der Waals surface area contributed by atoms with E-state index in [1.165, 1.54) is 6.92 Å². The van der Waals surface area contributed by atoms with E-state index in [0.717, 1.165) is 0 Å². The van der Waals surface area contributed by atoms with Crippen molar-refractivity contribution in [3.8, 4) is 0 Å². The fourth-order valence-electron chi connectivity index (χ4n) is 0.117. The molecule has 0 aliphatic heterocycles. The molecule has 0 amide bonds. The summed E-state index contributed by atoms with van der Waals surface area (Å²) >= 11 is 0. The molecule has 7 heavy (non-hydrogen) atoms. The van der Waals surface area contributed by atoms with Gasteiger partial charge in [0, 0.05) is 21.7 Å². The van der Waals surface area contributed by atoms with Gasteiger partial charge in [0.25, 0.3) is 0 Å². The second kappa shape index (κ2) is 6.05. The third-order valence-corrected chi connectivity index (χ3v) is 0.371. The Kier molecular flexibility index (Phi) is 8.75. The summed E-state index contributed by atoms with van der Waals surface area (Å²) in [5, 5.41) is 0. The molecule has 3 heteroatoms. The first-order valence-electron chi connectivity index (χ1n) is 1.70. The third-order valence-electron chi connectivity index (χ3n) is 0.371. The van der Waals surface area contributed by atoms with Crippen molar-refractivity contribution >= 4 is 12.1 Å². The number of ketones is 1. The van der Waals surface area contributed by atoms with Crippen molar-refractivity contribution < 1.29 is 31.3 Å². The zero-order valence-corrected chi connectivity index (χ0v) is 5.66. The third kappa shape index (κ3) is 10.7. The number of rotatable bonds is 2. The summed E-state index contributed by atoms with van der Waals surface area (Å²) in [5.41, 5.74) is 0. The van der Waals surface area contributed by atoms with Crippen LogP contribution in [0.1, 0.15) is 13.3 Å². The Morgan fingerprint density at radius 3 is 2.14 bits per heavy atom. The maximum Gasteiger partial charge on any atom is 0.136 e. The summed E-state index contributed by atoms with van der Waals surface area (Å²) in [6, 6.07) is 0. The number of carbonyl (C=O) groups is 2. The van der Waals surface area contributed by atoms with Gasteiger partial charge in [0.05, 0.1) is 6.42 Å². The van der Waals surface area contributed by atoms with Crippen LogP contribution in [-0.4, -0.2) is 12.1 Å². The molecule has 0 heterocycles. The normalized spacial score (nSPS) is 6.43. The van der Waals surface area contributed by atoms with Crippen molar-refractivity contribution in [3.05, 3.63) is 0 Å². The molecule has 0 aliphatic rings. The number of aldehydes is 1. The standard InChI is InChI=1S/C4H6O2.Ti/c1-4(6)2-3-5;/h3H,2H2,1H3;. The number of Topliss-reactive ketones (excluding diaryl/α,β-unsaturated/α-hetero) is 1. The molecule has 0 unspecified atom stereocenters. The first kappa shape index (κ1) is 10.1. The summed E-state index contributed by atoms with van der Waals surface area (Å²) < 4.78 is 0. The fourth-order valence-corrected chi connectivity index (χ4v) is 0.117. The van der Waals surface area contributed by atoms with Crippen LogP contribution in [0.2, 0.25) is 0 Å². The minimum Gasteiger partial charge on any atom is -0.303 e. The SMILES string of the molecule is CC(=O)CC=O.[Ti]. The fraction of sp³-hybridized carbons (Fsp3) is 0.500. The van der Waals surface area contributed by atoms with E-state index in [0.29, 0.717) is 6.29 Å². The predicted molar refractivity (Wildman–Crippen MR) is 21.4 cm³/mol. The number of hydrogen-bond donors (Lipinski definition) is 0. The molecule has 0 aromatic rings. The largest absolute Gasteiger partial charge is 0.303 e. The maximum atomic E-state index is 9.81. The van der Waals surface area contributed by atoms with Gasteiger partial charge in [0.1, 0.15) is 12.1 Å². The van der Waals surface area contributed by atoms with E-state index in [-0.39, 0.29) is 33.9 Å². The first-order valence-corrected chi connectivity index (χ1v) is 1.70. The molecule has 38 valence electrons. The van der Waals surface area contributed by atoms with Crippen molar-refractivity contribution in [2.45, 2.75) is 13.3 Å². The molecule has 0 radical (unpaired) electrons. The van der Waals surface area contributed by atoms with Crippen LogP contribution >= 0.6 is 0 Å². The van der Waals surface area contributed by atoms with E-state index < -0.39 is 0 Å². The molecule has 0 aromatic heterocycles. The van der Waals surface area contributed by atoms with Crippen molar-refractivity contribution in [3.63, 3.8) is 0 Å². The Hall–Kier alpha value is 0.0543. The first-order chi connectivity index (χ1) is 2.77. The average Bonchev–Trinajstić information content (AvgIpc) is 1.35. The summed E-state index contributed by atoms with van der Waals surface area (Å²) in [4.78, 5) is 19.2. The molecule has 0 spiro atoms. The van der Waals surface area contributed by atoms with Crippen LogP contribution in [0.25, 0.3) is 0 Å². The van der Waals surface area contributed by atoms with Crippen LogP contribution in [0.5, 0.6) is 0 Å². The van der Waals surface area contributed by atoms with Gasteiger partial charge < -0.3 is 4.79 Å². The summed E-state index contributed by atoms with van der Waals surface area (Å²) in [6.07, 6.45) is 0.655. The number of carbonyl (C=O) groups excluding carboxylic acids is 2. The summed E-state index contributed by atoms with van der Waals surface area (Å²) in [6.45, 7) is 1.38. The van der Waals surface area contributed by atoms with E-state index in [2.05, 4.69) is 0 Å². The van der Waals surface area contributed by atoms with Gasteiger partial charge in [-0.2, -0.15) is 0 Å². The maximum absolute atomic E-state index is 9.81. The van der Waals surface area contributed by atoms with Crippen LogP contribution in [0, 0.1) is 0 Å². The molecule has 0 atom stereocenters. The van der Waals surface area contributed by atoms with E-state index in [4.69, 9.17) is 0 Å². The Morgan fingerprint density at radius 1 is 1.71 bits per heavy atom. The molecule has 0 bridgehead atoms. The smallest absolute Gasteiger partial charge is 0.136 e. The van der Waals surface area contributed by atoms with Crippen LogP contribution in [0.4, 0.5) is 0 Å². The van der Waals surface area contributed by atoms with Gasteiger partial charge in [0.15, 0.2) is 0 Å². The molecular formula is C4H6O2Ti. The van der Waals surface area contributed by atoms with Crippen molar-refractivity contribution in [1.29, 1.82) is 0 Å². The quantitative estimate of drug-likeness (QED) is 0.306. The Morgan fingerprint density at radius 2 is 2.14 bits per heavy atom. The second-order valence-corrected chi connectivity index (χ2v) is 1.07. The Bertz CT molecular complexity index is 70.1. The second-order valence-electron chi connectivity index (χ2n) is 1.07.